The number of carbonyl (C=O) groups is 1. The summed E-state index contributed by atoms with van der Waals surface area (Å²) in [6.07, 6.45) is 0. The second-order valence-electron chi connectivity index (χ2n) is 2.06. The molecule has 0 fully saturated rings. The Morgan fingerprint density at radius 1 is 1.50 bits per heavy atom. The minimum atomic E-state index is -3.52. The number of primary amides is 1. The largest absolute Gasteiger partial charge is 0.351 e. The highest BCUT2D eigenvalue weighted by molar-refractivity contribution is 7.90. The molecular formula is C4H10N2O3S. The van der Waals surface area contributed by atoms with Crippen molar-refractivity contribution in [3.63, 3.8) is 0 Å². The molecule has 0 rings (SSSR count). The van der Waals surface area contributed by atoms with E-state index in [0.29, 0.717) is 0 Å². The molecule has 6 heteroatoms. The van der Waals surface area contributed by atoms with Crippen molar-refractivity contribution in [2.45, 2.75) is 19.1 Å². The number of carbonyl (C=O) groups excluding carboxylic acids is 1. The fourth-order valence-electron chi connectivity index (χ4n) is 0.258. The minimum Gasteiger partial charge on any atom is -0.351 e. The molecule has 60 valence electrons. The summed E-state index contributed by atoms with van der Waals surface area (Å²) in [5.74, 6) is 0. The maximum absolute atomic E-state index is 10.7. The van der Waals surface area contributed by atoms with Crippen molar-refractivity contribution in [2.24, 2.45) is 5.73 Å². The lowest BCUT2D eigenvalue weighted by atomic mass is 10.6. The monoisotopic (exact) mass is 166 g/mol. The standard InChI is InChI=1S/C4H10N2O3S/c1-3(2)10(8,9)6-4(5)7/h3H,1-2H3,(H3,5,6,7). The van der Waals surface area contributed by atoms with Gasteiger partial charge in [0.2, 0.25) is 10.0 Å². The van der Waals surface area contributed by atoms with Crippen molar-refractivity contribution >= 4 is 16.1 Å². The molecular weight excluding hydrogens is 156 g/mol. The molecule has 0 unspecified atom stereocenters. The van der Waals surface area contributed by atoms with Gasteiger partial charge in [-0.3, -0.25) is 0 Å². The van der Waals surface area contributed by atoms with E-state index >= 15 is 0 Å². The van der Waals surface area contributed by atoms with Crippen LogP contribution in [0.25, 0.3) is 0 Å². The van der Waals surface area contributed by atoms with E-state index in [1.807, 2.05) is 0 Å². The van der Waals surface area contributed by atoms with Crippen LogP contribution in [0.15, 0.2) is 0 Å². The Bertz CT molecular complexity index is 219. The van der Waals surface area contributed by atoms with Crippen molar-refractivity contribution < 1.29 is 13.2 Å². The van der Waals surface area contributed by atoms with E-state index in [1.54, 1.807) is 4.72 Å². The summed E-state index contributed by atoms with van der Waals surface area (Å²) in [7, 11) is -3.52. The zero-order valence-electron chi connectivity index (χ0n) is 5.79. The molecule has 0 aromatic carbocycles. The van der Waals surface area contributed by atoms with Crippen LogP contribution in [0.1, 0.15) is 13.8 Å². The van der Waals surface area contributed by atoms with Gasteiger partial charge in [-0.1, -0.05) is 0 Å². The van der Waals surface area contributed by atoms with E-state index < -0.39 is 21.3 Å². The average Bonchev–Trinajstić information content (AvgIpc) is 1.60. The third-order valence-corrected chi connectivity index (χ3v) is 2.59. The lowest BCUT2D eigenvalue weighted by molar-refractivity contribution is 0.253. The highest BCUT2D eigenvalue weighted by Gasteiger charge is 2.16. The number of hydrogen-bond acceptors (Lipinski definition) is 3. The summed E-state index contributed by atoms with van der Waals surface area (Å²) in [4.78, 5) is 10.1. The molecule has 0 saturated heterocycles. The Kier molecular flexibility index (Phi) is 2.65. The first-order chi connectivity index (χ1) is 4.36. The van der Waals surface area contributed by atoms with Gasteiger partial charge in [0.1, 0.15) is 0 Å². The van der Waals surface area contributed by atoms with Gasteiger partial charge < -0.3 is 5.73 Å². The van der Waals surface area contributed by atoms with Gasteiger partial charge in [-0.05, 0) is 13.8 Å². The van der Waals surface area contributed by atoms with Gasteiger partial charge in [-0.15, -0.1) is 0 Å². The van der Waals surface area contributed by atoms with E-state index in [4.69, 9.17) is 0 Å². The first-order valence-corrected chi connectivity index (χ1v) is 4.22. The molecule has 0 aliphatic carbocycles. The summed E-state index contributed by atoms with van der Waals surface area (Å²) < 4.78 is 23.1. The summed E-state index contributed by atoms with van der Waals surface area (Å²) >= 11 is 0. The molecule has 0 heterocycles. The molecule has 0 atom stereocenters. The summed E-state index contributed by atoms with van der Waals surface area (Å²) in [6.45, 7) is 2.90. The van der Waals surface area contributed by atoms with Crippen LogP contribution in [0.2, 0.25) is 0 Å². The predicted octanol–water partition coefficient (Wildman–Crippen LogP) is -0.607. The number of hydrogen-bond donors (Lipinski definition) is 2. The van der Waals surface area contributed by atoms with Gasteiger partial charge >= 0.3 is 6.03 Å². The predicted molar refractivity (Wildman–Crippen MR) is 36.8 cm³/mol. The van der Waals surface area contributed by atoms with Crippen molar-refractivity contribution in [3.05, 3.63) is 0 Å². The van der Waals surface area contributed by atoms with Gasteiger partial charge in [0, 0.05) is 0 Å². The number of urea groups is 1. The van der Waals surface area contributed by atoms with Gasteiger partial charge in [0.15, 0.2) is 0 Å². The Morgan fingerprint density at radius 2 is 1.90 bits per heavy atom. The quantitative estimate of drug-likeness (QED) is 0.573. The van der Waals surface area contributed by atoms with Crippen LogP contribution in [0.5, 0.6) is 0 Å². The number of nitrogens with one attached hydrogen (secondary N) is 1. The van der Waals surface area contributed by atoms with E-state index in [1.165, 1.54) is 13.8 Å². The minimum absolute atomic E-state index is 0.639. The van der Waals surface area contributed by atoms with E-state index in [9.17, 15) is 13.2 Å². The highest BCUT2D eigenvalue weighted by Crippen LogP contribution is 1.93. The van der Waals surface area contributed by atoms with Gasteiger partial charge in [-0.25, -0.2) is 17.9 Å². The van der Waals surface area contributed by atoms with Crippen LogP contribution in [-0.2, 0) is 10.0 Å². The van der Waals surface area contributed by atoms with Crippen molar-refractivity contribution in [1.82, 2.24) is 4.72 Å². The van der Waals surface area contributed by atoms with Crippen molar-refractivity contribution in [1.29, 1.82) is 0 Å². The number of sulfonamides is 1. The van der Waals surface area contributed by atoms with Crippen LogP contribution >= 0.6 is 0 Å². The normalized spacial score (nSPS) is 11.5. The molecule has 3 N–H and O–H groups in total. The fourth-order valence-corrected chi connectivity index (χ4v) is 0.774. The fraction of sp³-hybridized carbons (Fsp3) is 0.750. The van der Waals surface area contributed by atoms with Gasteiger partial charge in [0.05, 0.1) is 5.25 Å². The number of rotatable bonds is 2. The molecule has 0 aliphatic rings. The molecule has 0 spiro atoms. The molecule has 10 heavy (non-hydrogen) atoms. The van der Waals surface area contributed by atoms with Gasteiger partial charge in [0.25, 0.3) is 0 Å². The average molecular weight is 166 g/mol. The molecule has 0 aromatic heterocycles. The third-order valence-electron chi connectivity index (χ3n) is 0.863. The molecule has 0 saturated carbocycles. The SMILES string of the molecule is CC(C)S(=O)(=O)NC(N)=O. The van der Waals surface area contributed by atoms with Crippen LogP contribution in [0.3, 0.4) is 0 Å². The Morgan fingerprint density at radius 3 is 2.00 bits per heavy atom. The second kappa shape index (κ2) is 2.87. The number of amides is 2. The maximum Gasteiger partial charge on any atom is 0.325 e. The van der Waals surface area contributed by atoms with E-state index in [2.05, 4.69) is 5.73 Å². The smallest absolute Gasteiger partial charge is 0.325 e. The van der Waals surface area contributed by atoms with Crippen LogP contribution < -0.4 is 10.5 Å². The van der Waals surface area contributed by atoms with Crippen LogP contribution in [-0.4, -0.2) is 19.7 Å². The molecule has 2 amide bonds. The number of nitrogens with two attached hydrogens (primary N) is 1. The first kappa shape index (κ1) is 9.22. The summed E-state index contributed by atoms with van der Waals surface area (Å²) in [5.41, 5.74) is 4.59. The van der Waals surface area contributed by atoms with Gasteiger partial charge in [-0.2, -0.15) is 0 Å². The first-order valence-electron chi connectivity index (χ1n) is 2.67. The Hall–Kier alpha value is -0.780. The summed E-state index contributed by atoms with van der Waals surface area (Å²) in [5, 5.41) is -0.639. The van der Waals surface area contributed by atoms with Crippen molar-refractivity contribution in [2.75, 3.05) is 0 Å². The highest BCUT2D eigenvalue weighted by atomic mass is 32.2. The third kappa shape index (κ3) is 2.67. The van der Waals surface area contributed by atoms with Crippen LogP contribution in [0.4, 0.5) is 4.79 Å². The van der Waals surface area contributed by atoms with E-state index in [-0.39, 0.29) is 0 Å². The summed E-state index contributed by atoms with van der Waals surface area (Å²) in [6, 6.07) is -1.05. The zero-order valence-corrected chi connectivity index (χ0v) is 6.60. The van der Waals surface area contributed by atoms with Crippen LogP contribution in [0, 0.1) is 0 Å². The van der Waals surface area contributed by atoms with Crippen molar-refractivity contribution in [3.8, 4) is 0 Å². The lowest BCUT2D eigenvalue weighted by Gasteiger charge is -2.05. The second-order valence-corrected chi connectivity index (χ2v) is 4.30. The Labute approximate surface area is 59.6 Å². The zero-order chi connectivity index (χ0) is 8.36. The molecule has 0 aliphatic heterocycles. The topological polar surface area (TPSA) is 89.3 Å². The van der Waals surface area contributed by atoms with E-state index in [0.717, 1.165) is 0 Å². The molecule has 0 radical (unpaired) electrons. The molecule has 0 bridgehead atoms. The Balaban J connectivity index is 4.31. The maximum atomic E-state index is 10.7. The molecule has 0 aromatic rings. The lowest BCUT2D eigenvalue weighted by Crippen LogP contribution is -2.39. The molecule has 5 nitrogen and oxygen atoms in total.